The van der Waals surface area contributed by atoms with Crippen LogP contribution in [0.2, 0.25) is 0 Å². The quantitative estimate of drug-likeness (QED) is 0.613. The molecule has 0 N–H and O–H groups in total. The summed E-state index contributed by atoms with van der Waals surface area (Å²) in [5.41, 5.74) is 3.36. The van der Waals surface area contributed by atoms with E-state index in [9.17, 15) is 0 Å². The summed E-state index contributed by atoms with van der Waals surface area (Å²) in [5, 5.41) is 0. The van der Waals surface area contributed by atoms with Gasteiger partial charge in [-0.3, -0.25) is 0 Å². The molecule has 3 aromatic carbocycles. The van der Waals surface area contributed by atoms with Crippen LogP contribution in [0, 0.1) is 0 Å². The fourth-order valence-corrected chi connectivity index (χ4v) is 3.24. The van der Waals surface area contributed by atoms with Crippen LogP contribution in [0.25, 0.3) is 5.76 Å². The Morgan fingerprint density at radius 2 is 1.30 bits per heavy atom. The highest BCUT2D eigenvalue weighted by molar-refractivity contribution is 5.70. The Morgan fingerprint density at radius 1 is 0.696 bits per heavy atom. The van der Waals surface area contributed by atoms with E-state index in [1.165, 1.54) is 11.1 Å². The van der Waals surface area contributed by atoms with Crippen molar-refractivity contribution < 1.29 is 4.74 Å². The Balaban J connectivity index is 1.93. The molecule has 1 heterocycles. The molecule has 1 aliphatic rings. The van der Waals surface area contributed by atoms with Gasteiger partial charge in [0.05, 0.1) is 0 Å². The van der Waals surface area contributed by atoms with Gasteiger partial charge in [0.1, 0.15) is 11.5 Å². The van der Waals surface area contributed by atoms with Gasteiger partial charge in [0.25, 0.3) is 0 Å². The highest BCUT2D eigenvalue weighted by Crippen LogP contribution is 2.45. The first-order valence-electron chi connectivity index (χ1n) is 7.88. The second-order valence-corrected chi connectivity index (χ2v) is 6.04. The average molecular weight is 298 g/mol. The van der Waals surface area contributed by atoms with Crippen molar-refractivity contribution in [2.24, 2.45) is 0 Å². The van der Waals surface area contributed by atoms with Crippen LogP contribution in [0.15, 0.2) is 91.0 Å². The predicted octanol–water partition coefficient (Wildman–Crippen LogP) is 5.43. The zero-order valence-corrected chi connectivity index (χ0v) is 13.1. The van der Waals surface area contributed by atoms with E-state index in [0.717, 1.165) is 17.1 Å². The number of allylic oxidation sites excluding steroid dienone is 1. The molecule has 3 aromatic rings. The second-order valence-electron chi connectivity index (χ2n) is 6.04. The van der Waals surface area contributed by atoms with Gasteiger partial charge < -0.3 is 4.74 Å². The van der Waals surface area contributed by atoms with Crippen molar-refractivity contribution in [1.82, 2.24) is 0 Å². The molecule has 0 saturated carbocycles. The highest BCUT2D eigenvalue weighted by atomic mass is 16.5. The zero-order valence-electron chi connectivity index (χ0n) is 13.1. The SMILES string of the molecule is C[C@@]1(c2ccccc2)C=C(c2ccccc2)Oc2ccccc21. The van der Waals surface area contributed by atoms with E-state index in [4.69, 9.17) is 4.74 Å². The Hall–Kier alpha value is -2.80. The molecule has 4 rings (SSSR count). The molecular weight excluding hydrogens is 280 g/mol. The second kappa shape index (κ2) is 5.44. The molecule has 0 fully saturated rings. The van der Waals surface area contributed by atoms with Crippen molar-refractivity contribution in [2.75, 3.05) is 0 Å². The minimum Gasteiger partial charge on any atom is -0.457 e. The molecule has 0 unspecified atom stereocenters. The van der Waals surface area contributed by atoms with Crippen LogP contribution < -0.4 is 4.74 Å². The van der Waals surface area contributed by atoms with Gasteiger partial charge in [0, 0.05) is 16.5 Å². The van der Waals surface area contributed by atoms with Gasteiger partial charge in [-0.25, -0.2) is 0 Å². The maximum Gasteiger partial charge on any atom is 0.131 e. The van der Waals surface area contributed by atoms with E-state index in [1.54, 1.807) is 0 Å². The number of hydrogen-bond acceptors (Lipinski definition) is 1. The van der Waals surface area contributed by atoms with Gasteiger partial charge in [0.15, 0.2) is 0 Å². The molecule has 0 amide bonds. The number of ether oxygens (including phenoxy) is 1. The summed E-state index contributed by atoms with van der Waals surface area (Å²) < 4.78 is 6.20. The third-order valence-electron chi connectivity index (χ3n) is 4.52. The normalized spacial score (nSPS) is 19.4. The third-order valence-corrected chi connectivity index (χ3v) is 4.52. The molecule has 23 heavy (non-hydrogen) atoms. The lowest BCUT2D eigenvalue weighted by molar-refractivity contribution is 0.470. The molecule has 1 atom stereocenters. The lowest BCUT2D eigenvalue weighted by Gasteiger charge is -2.34. The van der Waals surface area contributed by atoms with Crippen molar-refractivity contribution in [1.29, 1.82) is 0 Å². The Morgan fingerprint density at radius 3 is 2.04 bits per heavy atom. The molecule has 0 bridgehead atoms. The van der Waals surface area contributed by atoms with Gasteiger partial charge in [-0.05, 0) is 24.6 Å². The summed E-state index contributed by atoms with van der Waals surface area (Å²) in [6.07, 6.45) is 2.24. The number of hydrogen-bond donors (Lipinski definition) is 0. The van der Waals surface area contributed by atoms with Gasteiger partial charge in [-0.15, -0.1) is 0 Å². The number of para-hydroxylation sites is 1. The van der Waals surface area contributed by atoms with Crippen molar-refractivity contribution in [3.8, 4) is 5.75 Å². The van der Waals surface area contributed by atoms with Crippen molar-refractivity contribution in [3.05, 3.63) is 108 Å². The summed E-state index contributed by atoms with van der Waals surface area (Å²) in [5.74, 6) is 1.84. The Kier molecular flexibility index (Phi) is 3.27. The van der Waals surface area contributed by atoms with Gasteiger partial charge in [0.2, 0.25) is 0 Å². The van der Waals surface area contributed by atoms with Crippen LogP contribution in [-0.2, 0) is 5.41 Å². The van der Waals surface area contributed by atoms with Gasteiger partial charge in [-0.1, -0.05) is 78.9 Å². The molecule has 1 aliphatic heterocycles. The van der Waals surface area contributed by atoms with E-state index in [2.05, 4.69) is 67.6 Å². The molecule has 112 valence electrons. The molecule has 0 aromatic heterocycles. The Bertz CT molecular complexity index is 849. The molecule has 1 heteroatoms. The third kappa shape index (κ3) is 2.35. The molecule has 0 spiro atoms. The van der Waals surface area contributed by atoms with Crippen LogP contribution in [0.3, 0.4) is 0 Å². The van der Waals surface area contributed by atoms with Crippen molar-refractivity contribution >= 4 is 5.76 Å². The molecule has 0 radical (unpaired) electrons. The van der Waals surface area contributed by atoms with E-state index in [0.29, 0.717) is 0 Å². The van der Waals surface area contributed by atoms with Crippen LogP contribution in [0.1, 0.15) is 23.6 Å². The first kappa shape index (κ1) is 13.8. The van der Waals surface area contributed by atoms with E-state index in [-0.39, 0.29) is 5.41 Å². The largest absolute Gasteiger partial charge is 0.457 e. The molecular formula is C22H18O. The van der Waals surface area contributed by atoms with Crippen LogP contribution in [0.4, 0.5) is 0 Å². The molecule has 1 nitrogen and oxygen atoms in total. The number of rotatable bonds is 2. The minimum absolute atomic E-state index is 0.207. The van der Waals surface area contributed by atoms with E-state index < -0.39 is 0 Å². The van der Waals surface area contributed by atoms with Crippen molar-refractivity contribution in [3.63, 3.8) is 0 Å². The minimum atomic E-state index is -0.207. The van der Waals surface area contributed by atoms with Crippen LogP contribution in [-0.4, -0.2) is 0 Å². The Labute approximate surface area is 136 Å². The van der Waals surface area contributed by atoms with Crippen LogP contribution in [0.5, 0.6) is 5.75 Å². The monoisotopic (exact) mass is 298 g/mol. The maximum atomic E-state index is 6.20. The summed E-state index contributed by atoms with van der Waals surface area (Å²) in [4.78, 5) is 0. The molecule has 0 aliphatic carbocycles. The number of benzene rings is 3. The summed E-state index contributed by atoms with van der Waals surface area (Å²) >= 11 is 0. The summed E-state index contributed by atoms with van der Waals surface area (Å²) in [7, 11) is 0. The fourth-order valence-electron chi connectivity index (χ4n) is 3.24. The predicted molar refractivity (Wildman–Crippen MR) is 94.4 cm³/mol. The lowest BCUT2D eigenvalue weighted by atomic mass is 9.74. The topological polar surface area (TPSA) is 9.23 Å². The van der Waals surface area contributed by atoms with E-state index >= 15 is 0 Å². The maximum absolute atomic E-state index is 6.20. The fraction of sp³-hybridized carbons (Fsp3) is 0.0909. The van der Waals surface area contributed by atoms with E-state index in [1.807, 2.05) is 30.3 Å². The standard InChI is InChI=1S/C22H18O/c1-22(18-12-6-3-7-13-18)16-21(17-10-4-2-5-11-17)23-20-15-9-8-14-19(20)22/h2-16H,1H3/t22-/m0/s1. The smallest absolute Gasteiger partial charge is 0.131 e. The highest BCUT2D eigenvalue weighted by Gasteiger charge is 2.34. The zero-order chi connectivity index (χ0) is 15.7. The first-order chi connectivity index (χ1) is 11.3. The van der Waals surface area contributed by atoms with Crippen molar-refractivity contribution in [2.45, 2.75) is 12.3 Å². The average Bonchev–Trinajstić information content (AvgIpc) is 2.63. The molecule has 0 saturated heterocycles. The summed E-state index contributed by atoms with van der Waals surface area (Å²) in [6, 6.07) is 29.2. The van der Waals surface area contributed by atoms with Crippen LogP contribution >= 0.6 is 0 Å². The first-order valence-corrected chi connectivity index (χ1v) is 7.88. The lowest BCUT2D eigenvalue weighted by Crippen LogP contribution is -2.26. The number of fused-ring (bicyclic) bond motifs is 1. The van der Waals surface area contributed by atoms with Gasteiger partial charge in [-0.2, -0.15) is 0 Å². The summed E-state index contributed by atoms with van der Waals surface area (Å²) in [6.45, 7) is 2.26. The van der Waals surface area contributed by atoms with Gasteiger partial charge >= 0.3 is 0 Å².